The SMILES string of the molecule is CC(C)c1ccc2c(c1)CCC(N(C)C)C2. The molecule has 0 radical (unpaired) electrons. The second kappa shape index (κ2) is 4.58. The van der Waals surface area contributed by atoms with Gasteiger partial charge in [0, 0.05) is 6.04 Å². The van der Waals surface area contributed by atoms with E-state index in [9.17, 15) is 0 Å². The lowest BCUT2D eigenvalue weighted by atomic mass is 9.85. The second-order valence-electron chi connectivity index (χ2n) is 5.54. The molecule has 0 spiro atoms. The molecule has 0 bridgehead atoms. The number of nitrogens with zero attached hydrogens (tertiary/aromatic N) is 1. The van der Waals surface area contributed by atoms with Crippen molar-refractivity contribution in [1.29, 1.82) is 0 Å². The highest BCUT2D eigenvalue weighted by Gasteiger charge is 2.20. The largest absolute Gasteiger partial charge is 0.306 e. The van der Waals surface area contributed by atoms with Gasteiger partial charge in [0.15, 0.2) is 0 Å². The summed E-state index contributed by atoms with van der Waals surface area (Å²) in [5, 5.41) is 0. The van der Waals surface area contributed by atoms with E-state index in [1.807, 2.05) is 0 Å². The molecule has 16 heavy (non-hydrogen) atoms. The monoisotopic (exact) mass is 217 g/mol. The molecule has 0 amide bonds. The Morgan fingerprint density at radius 2 is 1.94 bits per heavy atom. The zero-order chi connectivity index (χ0) is 11.7. The number of hydrogen-bond acceptors (Lipinski definition) is 1. The Morgan fingerprint density at radius 1 is 1.19 bits per heavy atom. The van der Waals surface area contributed by atoms with E-state index in [1.165, 1.54) is 24.8 Å². The molecule has 0 aliphatic heterocycles. The molecule has 0 N–H and O–H groups in total. The van der Waals surface area contributed by atoms with E-state index in [0.29, 0.717) is 5.92 Å². The van der Waals surface area contributed by atoms with E-state index in [1.54, 1.807) is 11.1 Å². The van der Waals surface area contributed by atoms with Crippen molar-refractivity contribution in [2.45, 2.75) is 45.1 Å². The van der Waals surface area contributed by atoms with Crippen LogP contribution in [0.15, 0.2) is 18.2 Å². The van der Waals surface area contributed by atoms with Crippen molar-refractivity contribution in [1.82, 2.24) is 4.90 Å². The number of benzene rings is 1. The molecule has 1 aliphatic carbocycles. The molecule has 0 saturated heterocycles. The summed E-state index contributed by atoms with van der Waals surface area (Å²) >= 11 is 0. The highest BCUT2D eigenvalue weighted by atomic mass is 15.1. The molecule has 1 aliphatic rings. The summed E-state index contributed by atoms with van der Waals surface area (Å²) in [6.45, 7) is 4.54. The molecule has 2 rings (SSSR count). The van der Waals surface area contributed by atoms with Crippen LogP contribution in [0.5, 0.6) is 0 Å². The molecule has 1 atom stereocenters. The van der Waals surface area contributed by atoms with Crippen LogP contribution in [0.3, 0.4) is 0 Å². The smallest absolute Gasteiger partial charge is 0.0133 e. The van der Waals surface area contributed by atoms with Crippen molar-refractivity contribution in [3.63, 3.8) is 0 Å². The zero-order valence-electron chi connectivity index (χ0n) is 11.0. The van der Waals surface area contributed by atoms with Gasteiger partial charge in [-0.05, 0) is 56.0 Å². The predicted octanol–water partition coefficient (Wildman–Crippen LogP) is 3.23. The summed E-state index contributed by atoms with van der Waals surface area (Å²) in [5.74, 6) is 0.650. The summed E-state index contributed by atoms with van der Waals surface area (Å²) in [7, 11) is 4.39. The Balaban J connectivity index is 2.22. The minimum Gasteiger partial charge on any atom is -0.306 e. The van der Waals surface area contributed by atoms with Crippen LogP contribution in [0, 0.1) is 0 Å². The Labute approximate surface area is 99.5 Å². The van der Waals surface area contributed by atoms with Gasteiger partial charge in [0.1, 0.15) is 0 Å². The third-order valence-corrected chi connectivity index (χ3v) is 3.83. The minimum absolute atomic E-state index is 0.650. The number of rotatable bonds is 2. The minimum atomic E-state index is 0.650. The topological polar surface area (TPSA) is 3.24 Å². The third-order valence-electron chi connectivity index (χ3n) is 3.83. The van der Waals surface area contributed by atoms with Gasteiger partial charge in [0.25, 0.3) is 0 Å². The number of likely N-dealkylation sites (N-methyl/N-ethyl adjacent to an activating group) is 1. The van der Waals surface area contributed by atoms with E-state index >= 15 is 0 Å². The fraction of sp³-hybridized carbons (Fsp3) is 0.600. The van der Waals surface area contributed by atoms with Gasteiger partial charge < -0.3 is 4.90 Å². The molecular weight excluding hydrogens is 194 g/mol. The van der Waals surface area contributed by atoms with Crippen LogP contribution in [0.2, 0.25) is 0 Å². The highest BCUT2D eigenvalue weighted by Crippen LogP contribution is 2.26. The molecule has 1 heteroatoms. The van der Waals surface area contributed by atoms with E-state index in [-0.39, 0.29) is 0 Å². The molecule has 1 nitrogen and oxygen atoms in total. The van der Waals surface area contributed by atoms with Crippen LogP contribution in [-0.4, -0.2) is 25.0 Å². The second-order valence-corrected chi connectivity index (χ2v) is 5.54. The third kappa shape index (κ3) is 2.30. The van der Waals surface area contributed by atoms with Gasteiger partial charge in [-0.2, -0.15) is 0 Å². The lowest BCUT2D eigenvalue weighted by Crippen LogP contribution is -2.33. The van der Waals surface area contributed by atoms with Crippen molar-refractivity contribution in [2.24, 2.45) is 0 Å². The molecule has 88 valence electrons. The average Bonchev–Trinajstić information content (AvgIpc) is 2.27. The van der Waals surface area contributed by atoms with Crippen molar-refractivity contribution < 1.29 is 0 Å². The molecular formula is C15H23N. The summed E-state index contributed by atoms with van der Waals surface area (Å²) in [6, 6.07) is 7.81. The fourth-order valence-corrected chi connectivity index (χ4v) is 2.56. The van der Waals surface area contributed by atoms with Crippen LogP contribution < -0.4 is 0 Å². The number of hydrogen-bond donors (Lipinski definition) is 0. The summed E-state index contributed by atoms with van der Waals surface area (Å²) < 4.78 is 0. The molecule has 1 aromatic rings. The zero-order valence-corrected chi connectivity index (χ0v) is 11.0. The van der Waals surface area contributed by atoms with Crippen LogP contribution in [0.4, 0.5) is 0 Å². The van der Waals surface area contributed by atoms with Gasteiger partial charge >= 0.3 is 0 Å². The summed E-state index contributed by atoms with van der Waals surface area (Å²) in [6.07, 6.45) is 3.78. The Hall–Kier alpha value is -0.820. The normalized spacial score (nSPS) is 20.2. The van der Waals surface area contributed by atoms with Crippen LogP contribution in [-0.2, 0) is 12.8 Å². The van der Waals surface area contributed by atoms with E-state index < -0.39 is 0 Å². The maximum atomic E-state index is 2.42. The quantitative estimate of drug-likeness (QED) is 0.735. The first-order chi connectivity index (χ1) is 7.58. The van der Waals surface area contributed by atoms with Gasteiger partial charge in [-0.15, -0.1) is 0 Å². The first-order valence-electron chi connectivity index (χ1n) is 6.36. The van der Waals surface area contributed by atoms with E-state index in [0.717, 1.165) is 6.04 Å². The van der Waals surface area contributed by atoms with Crippen LogP contribution in [0.1, 0.15) is 42.9 Å². The van der Waals surface area contributed by atoms with Crippen molar-refractivity contribution in [3.05, 3.63) is 34.9 Å². The van der Waals surface area contributed by atoms with Crippen LogP contribution in [0.25, 0.3) is 0 Å². The Morgan fingerprint density at radius 3 is 2.56 bits per heavy atom. The first kappa shape index (κ1) is 11.7. The lowest BCUT2D eigenvalue weighted by molar-refractivity contribution is 0.268. The molecule has 1 unspecified atom stereocenters. The van der Waals surface area contributed by atoms with Crippen molar-refractivity contribution >= 4 is 0 Å². The number of aryl methyl sites for hydroxylation is 1. The van der Waals surface area contributed by atoms with E-state index in [4.69, 9.17) is 0 Å². The summed E-state index contributed by atoms with van der Waals surface area (Å²) in [4.78, 5) is 2.36. The van der Waals surface area contributed by atoms with Gasteiger partial charge in [-0.3, -0.25) is 0 Å². The summed E-state index contributed by atoms with van der Waals surface area (Å²) in [5.41, 5.74) is 4.64. The lowest BCUT2D eigenvalue weighted by Gasteiger charge is -2.30. The van der Waals surface area contributed by atoms with E-state index in [2.05, 4.69) is 51.0 Å². The number of fused-ring (bicyclic) bond motifs is 1. The molecule has 0 heterocycles. The van der Waals surface area contributed by atoms with Crippen molar-refractivity contribution in [2.75, 3.05) is 14.1 Å². The average molecular weight is 217 g/mol. The van der Waals surface area contributed by atoms with Gasteiger partial charge in [-0.1, -0.05) is 32.0 Å². The highest BCUT2D eigenvalue weighted by molar-refractivity contribution is 5.35. The standard InChI is InChI=1S/C15H23N/c1-11(2)12-5-6-14-10-15(16(3)4)8-7-13(14)9-12/h5-6,9,11,15H,7-8,10H2,1-4H3. The molecule has 0 aromatic heterocycles. The van der Waals surface area contributed by atoms with Crippen molar-refractivity contribution in [3.8, 4) is 0 Å². The van der Waals surface area contributed by atoms with Gasteiger partial charge in [0.2, 0.25) is 0 Å². The molecule has 0 saturated carbocycles. The molecule has 0 fully saturated rings. The maximum absolute atomic E-state index is 2.42. The maximum Gasteiger partial charge on any atom is 0.0133 e. The van der Waals surface area contributed by atoms with Gasteiger partial charge in [0.05, 0.1) is 0 Å². The Bertz CT molecular complexity index is 366. The molecule has 1 aromatic carbocycles. The van der Waals surface area contributed by atoms with Crippen LogP contribution >= 0.6 is 0 Å². The predicted molar refractivity (Wildman–Crippen MR) is 70.0 cm³/mol. The first-order valence-corrected chi connectivity index (χ1v) is 6.36. The van der Waals surface area contributed by atoms with Gasteiger partial charge in [-0.25, -0.2) is 0 Å². The fourth-order valence-electron chi connectivity index (χ4n) is 2.56. The Kier molecular flexibility index (Phi) is 3.34.